The van der Waals surface area contributed by atoms with Gasteiger partial charge >= 0.3 is 6.36 Å². The van der Waals surface area contributed by atoms with Crippen molar-refractivity contribution in [3.05, 3.63) is 22.9 Å². The Bertz CT molecular complexity index is 422. The first-order chi connectivity index (χ1) is 8.30. The fraction of sp³-hybridized carbons (Fsp3) is 0.444. The van der Waals surface area contributed by atoms with Gasteiger partial charge in [-0.15, -0.1) is 13.2 Å². The van der Waals surface area contributed by atoms with E-state index < -0.39 is 42.9 Å². The van der Waals surface area contributed by atoms with Crippen molar-refractivity contribution in [2.75, 3.05) is 0 Å². The van der Waals surface area contributed by atoms with Crippen LogP contribution in [0, 0.1) is 0 Å². The molecule has 1 heterocycles. The number of aromatic nitrogens is 1. The van der Waals surface area contributed by atoms with Gasteiger partial charge in [0.25, 0.3) is 6.43 Å². The van der Waals surface area contributed by atoms with Crippen LogP contribution in [0.2, 0.25) is 0 Å². The largest absolute Gasteiger partial charge is 0.574 e. The number of pyridine rings is 1. The number of nitrogens with two attached hydrogens (primary N) is 1. The molecule has 1 rings (SSSR count). The molecule has 0 saturated heterocycles. The van der Waals surface area contributed by atoms with E-state index in [9.17, 15) is 22.0 Å². The second-order valence-electron chi connectivity index (χ2n) is 3.19. The standard InChI is InChI=1S/C9H9F5N2O2/c10-7(11)5-2-16-8(18-9(12,13)14)6(3-17)4(5)1-15/h2,7,17H,1,3,15H2. The highest BCUT2D eigenvalue weighted by Crippen LogP contribution is 2.32. The molecule has 4 nitrogen and oxygen atoms in total. The molecule has 102 valence electrons. The maximum absolute atomic E-state index is 12.6. The first kappa shape index (κ1) is 14.6. The highest BCUT2D eigenvalue weighted by molar-refractivity contribution is 5.40. The molecule has 0 saturated carbocycles. The normalized spacial score (nSPS) is 12.0. The zero-order valence-corrected chi connectivity index (χ0v) is 8.84. The van der Waals surface area contributed by atoms with Gasteiger partial charge in [-0.1, -0.05) is 0 Å². The first-order valence-electron chi connectivity index (χ1n) is 4.65. The summed E-state index contributed by atoms with van der Waals surface area (Å²) in [6, 6.07) is 0. The number of hydrogen-bond donors (Lipinski definition) is 2. The van der Waals surface area contributed by atoms with Gasteiger partial charge in [-0.3, -0.25) is 0 Å². The van der Waals surface area contributed by atoms with E-state index in [1.807, 2.05) is 0 Å². The molecule has 0 aliphatic rings. The molecule has 0 unspecified atom stereocenters. The smallest absolute Gasteiger partial charge is 0.391 e. The lowest BCUT2D eigenvalue weighted by Gasteiger charge is -2.16. The van der Waals surface area contributed by atoms with Gasteiger partial charge in [0, 0.05) is 23.9 Å². The number of rotatable bonds is 4. The summed E-state index contributed by atoms with van der Waals surface area (Å²) < 4.78 is 64.7. The Hall–Kier alpha value is -1.48. The van der Waals surface area contributed by atoms with E-state index >= 15 is 0 Å². The number of nitrogens with zero attached hydrogens (tertiary/aromatic N) is 1. The van der Waals surface area contributed by atoms with Gasteiger partial charge in [-0.05, 0) is 5.56 Å². The van der Waals surface area contributed by atoms with Crippen molar-refractivity contribution in [2.45, 2.75) is 25.9 Å². The molecule has 0 radical (unpaired) electrons. The number of halogens is 5. The molecule has 0 aromatic carbocycles. The van der Waals surface area contributed by atoms with Crippen molar-refractivity contribution in [3.8, 4) is 5.88 Å². The third kappa shape index (κ3) is 3.26. The lowest BCUT2D eigenvalue weighted by molar-refractivity contribution is -0.276. The topological polar surface area (TPSA) is 68.4 Å². The highest BCUT2D eigenvalue weighted by Gasteiger charge is 2.34. The van der Waals surface area contributed by atoms with Crippen molar-refractivity contribution in [2.24, 2.45) is 5.73 Å². The summed E-state index contributed by atoms with van der Waals surface area (Å²) in [6.07, 6.45) is -7.44. The average Bonchev–Trinajstić information content (AvgIpc) is 2.25. The summed E-state index contributed by atoms with van der Waals surface area (Å²) in [4.78, 5) is 3.13. The van der Waals surface area contributed by atoms with Crippen LogP contribution in [0.25, 0.3) is 0 Å². The first-order valence-corrected chi connectivity index (χ1v) is 4.65. The van der Waals surface area contributed by atoms with Crippen LogP contribution in [-0.2, 0) is 13.2 Å². The van der Waals surface area contributed by atoms with Crippen molar-refractivity contribution in [1.82, 2.24) is 4.98 Å². The maximum atomic E-state index is 12.6. The molecule has 0 fully saturated rings. The van der Waals surface area contributed by atoms with Gasteiger partial charge in [0.2, 0.25) is 5.88 Å². The van der Waals surface area contributed by atoms with Crippen molar-refractivity contribution in [1.29, 1.82) is 0 Å². The van der Waals surface area contributed by atoms with Gasteiger partial charge in [-0.25, -0.2) is 13.8 Å². The van der Waals surface area contributed by atoms with Gasteiger partial charge in [0.15, 0.2) is 0 Å². The maximum Gasteiger partial charge on any atom is 0.574 e. The molecule has 0 amide bonds. The Morgan fingerprint density at radius 2 is 1.94 bits per heavy atom. The number of ether oxygens (including phenoxy) is 1. The van der Waals surface area contributed by atoms with E-state index in [1.165, 1.54) is 0 Å². The molecule has 18 heavy (non-hydrogen) atoms. The minimum Gasteiger partial charge on any atom is -0.391 e. The van der Waals surface area contributed by atoms with Crippen molar-refractivity contribution in [3.63, 3.8) is 0 Å². The summed E-state index contributed by atoms with van der Waals surface area (Å²) in [6.45, 7) is -1.40. The lowest BCUT2D eigenvalue weighted by Crippen LogP contribution is -2.20. The molecular weight excluding hydrogens is 263 g/mol. The molecule has 3 N–H and O–H groups in total. The van der Waals surface area contributed by atoms with Gasteiger partial charge in [0.1, 0.15) is 0 Å². The van der Waals surface area contributed by atoms with E-state index in [0.29, 0.717) is 6.20 Å². The Balaban J connectivity index is 3.30. The average molecular weight is 272 g/mol. The second-order valence-corrected chi connectivity index (χ2v) is 3.19. The third-order valence-corrected chi connectivity index (χ3v) is 2.10. The number of hydrogen-bond acceptors (Lipinski definition) is 4. The molecule has 1 aromatic rings. The summed E-state index contributed by atoms with van der Waals surface area (Å²) in [7, 11) is 0. The number of aliphatic hydroxyl groups is 1. The molecule has 0 aliphatic heterocycles. The van der Waals surface area contributed by atoms with E-state index in [2.05, 4.69) is 9.72 Å². The van der Waals surface area contributed by atoms with Gasteiger partial charge in [0.05, 0.1) is 6.61 Å². The Labute approximate surface area is 98.2 Å². The molecular formula is C9H9F5N2O2. The van der Waals surface area contributed by atoms with Crippen LogP contribution in [-0.4, -0.2) is 16.5 Å². The number of alkyl halides is 5. The van der Waals surface area contributed by atoms with Crippen LogP contribution in [0.4, 0.5) is 22.0 Å². The molecule has 0 bridgehead atoms. The van der Waals surface area contributed by atoms with Crippen LogP contribution in [0.3, 0.4) is 0 Å². The SMILES string of the molecule is NCc1c(C(F)F)cnc(OC(F)(F)F)c1CO. The fourth-order valence-electron chi connectivity index (χ4n) is 1.38. The monoisotopic (exact) mass is 272 g/mol. The van der Waals surface area contributed by atoms with Crippen LogP contribution in [0.1, 0.15) is 23.1 Å². The zero-order chi connectivity index (χ0) is 13.9. The highest BCUT2D eigenvalue weighted by atomic mass is 19.4. The Morgan fingerprint density at radius 3 is 2.33 bits per heavy atom. The molecule has 0 spiro atoms. The second kappa shape index (κ2) is 5.44. The van der Waals surface area contributed by atoms with E-state index in [0.717, 1.165) is 0 Å². The summed E-state index contributed by atoms with van der Waals surface area (Å²) >= 11 is 0. The molecule has 0 atom stereocenters. The predicted molar refractivity (Wildman–Crippen MR) is 49.7 cm³/mol. The van der Waals surface area contributed by atoms with Crippen LogP contribution < -0.4 is 10.5 Å². The van der Waals surface area contributed by atoms with Crippen molar-refractivity contribution < 1.29 is 31.8 Å². The van der Waals surface area contributed by atoms with Crippen molar-refractivity contribution >= 4 is 0 Å². The van der Waals surface area contributed by atoms with Crippen LogP contribution >= 0.6 is 0 Å². The van der Waals surface area contributed by atoms with E-state index in [1.54, 1.807) is 0 Å². The van der Waals surface area contributed by atoms with Gasteiger partial charge < -0.3 is 15.6 Å². The summed E-state index contributed by atoms with van der Waals surface area (Å²) in [5, 5.41) is 8.95. The van der Waals surface area contributed by atoms with E-state index in [4.69, 9.17) is 10.8 Å². The minimum atomic E-state index is -5.03. The van der Waals surface area contributed by atoms with Crippen LogP contribution in [0.5, 0.6) is 5.88 Å². The molecule has 9 heteroatoms. The quantitative estimate of drug-likeness (QED) is 0.821. The lowest BCUT2D eigenvalue weighted by atomic mass is 10.0. The predicted octanol–water partition coefficient (Wildman–Crippen LogP) is 1.87. The molecule has 0 aliphatic carbocycles. The summed E-state index contributed by atoms with van der Waals surface area (Å²) in [5.74, 6) is -0.977. The fourth-order valence-corrected chi connectivity index (χ4v) is 1.38. The number of aliphatic hydroxyl groups excluding tert-OH is 1. The van der Waals surface area contributed by atoms with E-state index in [-0.39, 0.29) is 5.56 Å². The zero-order valence-electron chi connectivity index (χ0n) is 8.84. The minimum absolute atomic E-state index is 0.304. The van der Waals surface area contributed by atoms with Crippen LogP contribution in [0.15, 0.2) is 6.20 Å². The summed E-state index contributed by atoms with van der Waals surface area (Å²) in [5.41, 5.74) is 3.76. The Morgan fingerprint density at radius 1 is 1.33 bits per heavy atom. The Kier molecular flexibility index (Phi) is 4.41. The molecule has 1 aromatic heterocycles. The third-order valence-electron chi connectivity index (χ3n) is 2.10. The van der Waals surface area contributed by atoms with Gasteiger partial charge in [-0.2, -0.15) is 0 Å².